The number of hydrogen-bond acceptors (Lipinski definition) is 4. The molecule has 0 spiro atoms. The first kappa shape index (κ1) is 16.3. The van der Waals surface area contributed by atoms with Gasteiger partial charge >= 0.3 is 0 Å². The first-order valence-electron chi connectivity index (χ1n) is 8.15. The largest absolute Gasteiger partial charge is 0.454 e. The van der Waals surface area contributed by atoms with Crippen molar-refractivity contribution in [1.29, 1.82) is 0 Å². The average Bonchev–Trinajstić information content (AvgIpc) is 3.09. The zero-order valence-electron chi connectivity index (χ0n) is 13.8. The highest BCUT2D eigenvalue weighted by atomic mass is 16.7. The molecule has 5 nitrogen and oxygen atoms in total. The van der Waals surface area contributed by atoms with Crippen LogP contribution in [0.5, 0.6) is 11.5 Å². The fraction of sp³-hybridized carbons (Fsp3) is 0.316. The third-order valence-corrected chi connectivity index (χ3v) is 4.24. The Morgan fingerprint density at radius 3 is 2.62 bits per heavy atom. The first-order chi connectivity index (χ1) is 11.7. The van der Waals surface area contributed by atoms with Crippen LogP contribution in [0.25, 0.3) is 0 Å². The molecule has 1 atom stereocenters. The number of benzene rings is 2. The SMILES string of the molecule is CCN(Cc1ccc2c(c1)OCO2)C(=O)C(CN)c1ccccc1. The Morgan fingerprint density at radius 2 is 1.92 bits per heavy atom. The maximum Gasteiger partial charge on any atom is 0.231 e. The number of nitrogens with zero attached hydrogens (tertiary/aromatic N) is 1. The summed E-state index contributed by atoms with van der Waals surface area (Å²) in [7, 11) is 0. The molecule has 2 aromatic rings. The molecule has 1 amide bonds. The maximum atomic E-state index is 12.9. The van der Waals surface area contributed by atoms with E-state index in [1.165, 1.54) is 0 Å². The normalized spacial score (nSPS) is 13.6. The van der Waals surface area contributed by atoms with Gasteiger partial charge in [0.15, 0.2) is 11.5 Å². The number of carbonyl (C=O) groups excluding carboxylic acids is 1. The molecule has 0 radical (unpaired) electrons. The van der Waals surface area contributed by atoms with Gasteiger partial charge in [0.1, 0.15) is 0 Å². The molecule has 3 rings (SSSR count). The van der Waals surface area contributed by atoms with Crippen LogP contribution in [0.3, 0.4) is 0 Å². The molecule has 0 saturated carbocycles. The number of fused-ring (bicyclic) bond motifs is 1. The smallest absolute Gasteiger partial charge is 0.231 e. The summed E-state index contributed by atoms with van der Waals surface area (Å²) in [6, 6.07) is 15.5. The number of nitrogens with two attached hydrogens (primary N) is 1. The van der Waals surface area contributed by atoms with E-state index in [0.717, 1.165) is 22.6 Å². The van der Waals surface area contributed by atoms with Crippen LogP contribution in [0.2, 0.25) is 0 Å². The number of hydrogen-bond donors (Lipinski definition) is 1. The minimum absolute atomic E-state index is 0.0452. The van der Waals surface area contributed by atoms with Gasteiger partial charge in [-0.05, 0) is 30.2 Å². The molecule has 0 saturated heterocycles. The summed E-state index contributed by atoms with van der Waals surface area (Å²) in [5.74, 6) is 1.20. The van der Waals surface area contributed by atoms with Gasteiger partial charge in [0.2, 0.25) is 12.7 Å². The van der Waals surface area contributed by atoms with Crippen molar-refractivity contribution < 1.29 is 14.3 Å². The summed E-state index contributed by atoms with van der Waals surface area (Å²) < 4.78 is 10.7. The lowest BCUT2D eigenvalue weighted by molar-refractivity contribution is -0.133. The van der Waals surface area contributed by atoms with Crippen LogP contribution in [0.15, 0.2) is 48.5 Å². The van der Waals surface area contributed by atoms with Gasteiger partial charge in [0.25, 0.3) is 0 Å². The van der Waals surface area contributed by atoms with Crippen LogP contribution >= 0.6 is 0 Å². The van der Waals surface area contributed by atoms with E-state index in [0.29, 0.717) is 19.6 Å². The molecule has 1 unspecified atom stereocenters. The molecule has 1 aliphatic heterocycles. The second kappa shape index (κ2) is 7.36. The summed E-state index contributed by atoms with van der Waals surface area (Å²) in [4.78, 5) is 14.8. The van der Waals surface area contributed by atoms with Crippen molar-refractivity contribution in [3.63, 3.8) is 0 Å². The third kappa shape index (κ3) is 3.36. The van der Waals surface area contributed by atoms with E-state index in [4.69, 9.17) is 15.2 Å². The predicted molar refractivity (Wildman–Crippen MR) is 91.9 cm³/mol. The molecule has 0 aromatic heterocycles. The summed E-state index contributed by atoms with van der Waals surface area (Å²) in [6.45, 7) is 3.66. The lowest BCUT2D eigenvalue weighted by Crippen LogP contribution is -2.37. The average molecular weight is 326 g/mol. The van der Waals surface area contributed by atoms with E-state index in [1.54, 1.807) is 0 Å². The fourth-order valence-corrected chi connectivity index (χ4v) is 2.89. The quantitative estimate of drug-likeness (QED) is 0.886. The van der Waals surface area contributed by atoms with E-state index in [1.807, 2.05) is 60.4 Å². The maximum absolute atomic E-state index is 12.9. The summed E-state index contributed by atoms with van der Waals surface area (Å²) in [5, 5.41) is 0. The number of rotatable bonds is 6. The number of carbonyl (C=O) groups is 1. The van der Waals surface area contributed by atoms with Crippen molar-refractivity contribution in [2.24, 2.45) is 5.73 Å². The highest BCUT2D eigenvalue weighted by molar-refractivity contribution is 5.84. The Bertz CT molecular complexity index is 703. The van der Waals surface area contributed by atoms with Crippen LogP contribution in [-0.2, 0) is 11.3 Å². The highest BCUT2D eigenvalue weighted by Crippen LogP contribution is 2.33. The Balaban J connectivity index is 1.76. The number of ether oxygens (including phenoxy) is 2. The Hall–Kier alpha value is -2.53. The molecule has 0 fully saturated rings. The van der Waals surface area contributed by atoms with Gasteiger partial charge in [-0.2, -0.15) is 0 Å². The van der Waals surface area contributed by atoms with Crippen LogP contribution < -0.4 is 15.2 Å². The highest BCUT2D eigenvalue weighted by Gasteiger charge is 2.24. The van der Waals surface area contributed by atoms with Crippen molar-refractivity contribution in [3.8, 4) is 11.5 Å². The Kier molecular flexibility index (Phi) is 5.01. The minimum atomic E-state index is -0.319. The van der Waals surface area contributed by atoms with Gasteiger partial charge < -0.3 is 20.1 Å². The second-order valence-corrected chi connectivity index (χ2v) is 5.74. The second-order valence-electron chi connectivity index (χ2n) is 5.74. The first-order valence-corrected chi connectivity index (χ1v) is 8.15. The summed E-state index contributed by atoms with van der Waals surface area (Å²) >= 11 is 0. The molecule has 2 aromatic carbocycles. The molecule has 5 heteroatoms. The standard InChI is InChI=1S/C19H22N2O3/c1-2-21(12-14-8-9-17-18(10-14)24-13-23-17)19(22)16(11-20)15-6-4-3-5-7-15/h3-10,16H,2,11-13,20H2,1H3. The van der Waals surface area contributed by atoms with Crippen LogP contribution in [0, 0.1) is 0 Å². The van der Waals surface area contributed by atoms with Crippen molar-refractivity contribution in [2.75, 3.05) is 19.9 Å². The third-order valence-electron chi connectivity index (χ3n) is 4.24. The summed E-state index contributed by atoms with van der Waals surface area (Å²) in [5.41, 5.74) is 7.85. The van der Waals surface area contributed by atoms with Crippen molar-refractivity contribution in [1.82, 2.24) is 4.90 Å². The van der Waals surface area contributed by atoms with Crippen molar-refractivity contribution in [3.05, 3.63) is 59.7 Å². The molecular weight excluding hydrogens is 304 g/mol. The molecule has 126 valence electrons. The molecule has 1 heterocycles. The van der Waals surface area contributed by atoms with Gasteiger partial charge in [-0.1, -0.05) is 36.4 Å². The van der Waals surface area contributed by atoms with E-state index in [-0.39, 0.29) is 18.6 Å². The molecule has 1 aliphatic rings. The Labute approximate surface area is 142 Å². The fourth-order valence-electron chi connectivity index (χ4n) is 2.89. The monoisotopic (exact) mass is 326 g/mol. The van der Waals surface area contributed by atoms with Gasteiger partial charge in [-0.15, -0.1) is 0 Å². The van der Waals surface area contributed by atoms with Gasteiger partial charge in [0.05, 0.1) is 5.92 Å². The van der Waals surface area contributed by atoms with Crippen molar-refractivity contribution in [2.45, 2.75) is 19.4 Å². The lowest BCUT2D eigenvalue weighted by Gasteiger charge is -2.26. The zero-order chi connectivity index (χ0) is 16.9. The van der Waals surface area contributed by atoms with Crippen LogP contribution in [-0.4, -0.2) is 30.7 Å². The number of likely N-dealkylation sites (N-methyl/N-ethyl adjacent to an activating group) is 1. The van der Waals surface area contributed by atoms with Crippen molar-refractivity contribution >= 4 is 5.91 Å². The zero-order valence-corrected chi connectivity index (χ0v) is 13.8. The summed E-state index contributed by atoms with van der Waals surface area (Å²) in [6.07, 6.45) is 0. The van der Waals surface area contributed by atoms with E-state index >= 15 is 0 Å². The lowest BCUT2D eigenvalue weighted by atomic mass is 9.97. The van der Waals surface area contributed by atoms with Gasteiger partial charge in [-0.3, -0.25) is 4.79 Å². The van der Waals surface area contributed by atoms with Crippen LogP contribution in [0.4, 0.5) is 0 Å². The Morgan fingerprint density at radius 1 is 1.17 bits per heavy atom. The topological polar surface area (TPSA) is 64.8 Å². The molecule has 24 heavy (non-hydrogen) atoms. The predicted octanol–water partition coefficient (Wildman–Crippen LogP) is 2.51. The molecule has 0 bridgehead atoms. The molecular formula is C19H22N2O3. The number of amides is 1. The van der Waals surface area contributed by atoms with Gasteiger partial charge in [0, 0.05) is 19.6 Å². The molecule has 2 N–H and O–H groups in total. The molecule has 0 aliphatic carbocycles. The van der Waals surface area contributed by atoms with E-state index in [2.05, 4.69) is 0 Å². The minimum Gasteiger partial charge on any atom is -0.454 e. The van der Waals surface area contributed by atoms with Gasteiger partial charge in [-0.25, -0.2) is 0 Å². The van der Waals surface area contributed by atoms with Crippen LogP contribution in [0.1, 0.15) is 24.0 Å². The van der Waals surface area contributed by atoms with E-state index < -0.39 is 0 Å². The van der Waals surface area contributed by atoms with E-state index in [9.17, 15) is 4.79 Å².